The molecular formula is C6H14N2O. The summed E-state index contributed by atoms with van der Waals surface area (Å²) in [5.74, 6) is 0. The van der Waals surface area contributed by atoms with Crippen LogP contribution in [-0.2, 0) is 4.74 Å². The first-order valence-electron chi connectivity index (χ1n) is 3.33. The highest BCUT2D eigenvalue weighted by Gasteiger charge is 2.22. The van der Waals surface area contributed by atoms with Crippen molar-refractivity contribution in [2.45, 2.75) is 6.10 Å². The van der Waals surface area contributed by atoms with E-state index in [0.717, 1.165) is 13.1 Å². The van der Waals surface area contributed by atoms with E-state index in [1.54, 1.807) is 0 Å². The maximum atomic E-state index is 5.33. The molecule has 2 N–H and O–H groups in total. The van der Waals surface area contributed by atoms with Gasteiger partial charge in [-0.2, -0.15) is 0 Å². The molecule has 0 atom stereocenters. The van der Waals surface area contributed by atoms with Crippen LogP contribution >= 0.6 is 0 Å². The van der Waals surface area contributed by atoms with Gasteiger partial charge >= 0.3 is 0 Å². The van der Waals surface area contributed by atoms with E-state index in [0.29, 0.717) is 19.3 Å². The molecule has 0 aromatic rings. The third-order valence-corrected chi connectivity index (χ3v) is 1.50. The molecule has 9 heavy (non-hydrogen) atoms. The number of rotatable bonds is 3. The fourth-order valence-electron chi connectivity index (χ4n) is 0.982. The molecule has 3 heteroatoms. The molecule has 1 aliphatic heterocycles. The molecule has 0 saturated carbocycles. The molecule has 3 nitrogen and oxygen atoms in total. The summed E-state index contributed by atoms with van der Waals surface area (Å²) in [6, 6.07) is 0. The third-order valence-electron chi connectivity index (χ3n) is 1.50. The van der Waals surface area contributed by atoms with E-state index in [4.69, 9.17) is 10.5 Å². The van der Waals surface area contributed by atoms with E-state index in [-0.39, 0.29) is 0 Å². The van der Waals surface area contributed by atoms with Crippen LogP contribution in [0, 0.1) is 0 Å². The fourth-order valence-corrected chi connectivity index (χ4v) is 0.982. The van der Waals surface area contributed by atoms with Gasteiger partial charge in [0, 0.05) is 19.6 Å². The number of nitrogens with zero attached hydrogens (tertiary/aromatic N) is 1. The number of likely N-dealkylation sites (tertiary alicyclic amines) is 1. The van der Waals surface area contributed by atoms with Crippen molar-refractivity contribution in [2.75, 3.05) is 33.3 Å². The van der Waals surface area contributed by atoms with Crippen molar-refractivity contribution in [1.29, 1.82) is 0 Å². The van der Waals surface area contributed by atoms with Crippen LogP contribution in [0.5, 0.6) is 0 Å². The summed E-state index contributed by atoms with van der Waals surface area (Å²) in [4.78, 5) is 2.22. The summed E-state index contributed by atoms with van der Waals surface area (Å²) in [7, 11) is 2.09. The topological polar surface area (TPSA) is 38.5 Å². The number of nitrogens with two attached hydrogens (primary N) is 1. The molecule has 1 saturated heterocycles. The molecule has 0 aromatic heterocycles. The number of hydrogen-bond acceptors (Lipinski definition) is 3. The molecule has 0 aliphatic carbocycles. The van der Waals surface area contributed by atoms with Crippen LogP contribution < -0.4 is 5.73 Å². The van der Waals surface area contributed by atoms with Gasteiger partial charge in [-0.3, -0.25) is 0 Å². The molecule has 0 spiro atoms. The number of ether oxygens (including phenoxy) is 1. The zero-order valence-electron chi connectivity index (χ0n) is 5.84. The van der Waals surface area contributed by atoms with E-state index >= 15 is 0 Å². The molecule has 0 amide bonds. The SMILES string of the molecule is CN1CC(OCCN)C1. The Kier molecular flexibility index (Phi) is 2.45. The normalized spacial score (nSPS) is 22.0. The molecule has 1 aliphatic rings. The van der Waals surface area contributed by atoms with Crippen LogP contribution in [0.25, 0.3) is 0 Å². The molecular weight excluding hydrogens is 116 g/mol. The van der Waals surface area contributed by atoms with Crippen molar-refractivity contribution in [1.82, 2.24) is 4.90 Å². The highest BCUT2D eigenvalue weighted by atomic mass is 16.5. The second-order valence-electron chi connectivity index (χ2n) is 2.50. The minimum atomic E-state index is 0.457. The van der Waals surface area contributed by atoms with Gasteiger partial charge in [0.15, 0.2) is 0 Å². The first-order chi connectivity index (χ1) is 4.33. The lowest BCUT2D eigenvalue weighted by atomic mass is 10.2. The lowest BCUT2D eigenvalue weighted by Crippen LogP contribution is -2.50. The van der Waals surface area contributed by atoms with Gasteiger partial charge in [-0.25, -0.2) is 0 Å². The summed E-state index contributed by atoms with van der Waals surface area (Å²) in [6.07, 6.45) is 0.457. The first kappa shape index (κ1) is 6.99. The molecule has 1 rings (SSSR count). The van der Waals surface area contributed by atoms with Crippen LogP contribution in [-0.4, -0.2) is 44.3 Å². The Hall–Kier alpha value is -0.120. The Morgan fingerprint density at radius 2 is 2.33 bits per heavy atom. The Morgan fingerprint density at radius 1 is 1.67 bits per heavy atom. The predicted molar refractivity (Wildman–Crippen MR) is 36.3 cm³/mol. The second-order valence-corrected chi connectivity index (χ2v) is 2.50. The van der Waals surface area contributed by atoms with Gasteiger partial charge in [0.25, 0.3) is 0 Å². The van der Waals surface area contributed by atoms with E-state index in [1.807, 2.05) is 0 Å². The van der Waals surface area contributed by atoms with Crippen molar-refractivity contribution in [3.63, 3.8) is 0 Å². The zero-order chi connectivity index (χ0) is 6.69. The van der Waals surface area contributed by atoms with E-state index in [1.165, 1.54) is 0 Å². The smallest absolute Gasteiger partial charge is 0.0829 e. The van der Waals surface area contributed by atoms with E-state index in [9.17, 15) is 0 Å². The highest BCUT2D eigenvalue weighted by Crippen LogP contribution is 2.06. The average Bonchev–Trinajstić information content (AvgIpc) is 1.78. The summed E-state index contributed by atoms with van der Waals surface area (Å²) in [5.41, 5.74) is 5.25. The summed E-state index contributed by atoms with van der Waals surface area (Å²) in [5, 5.41) is 0. The molecule has 0 unspecified atom stereocenters. The fraction of sp³-hybridized carbons (Fsp3) is 1.00. The third kappa shape index (κ3) is 1.93. The Morgan fingerprint density at radius 3 is 2.78 bits per heavy atom. The van der Waals surface area contributed by atoms with Gasteiger partial charge in [0.1, 0.15) is 0 Å². The van der Waals surface area contributed by atoms with Crippen molar-refractivity contribution in [3.8, 4) is 0 Å². The minimum Gasteiger partial charge on any atom is -0.374 e. The second kappa shape index (κ2) is 3.15. The van der Waals surface area contributed by atoms with Gasteiger partial charge < -0.3 is 15.4 Å². The van der Waals surface area contributed by atoms with Crippen molar-refractivity contribution < 1.29 is 4.74 Å². The molecule has 54 valence electrons. The lowest BCUT2D eigenvalue weighted by molar-refractivity contribution is -0.0398. The molecule has 0 bridgehead atoms. The summed E-state index contributed by atoms with van der Waals surface area (Å²) in [6.45, 7) is 3.48. The Bertz CT molecular complexity index is 81.1. The zero-order valence-corrected chi connectivity index (χ0v) is 5.84. The molecule has 0 aromatic carbocycles. The van der Waals surface area contributed by atoms with Gasteiger partial charge in [0.2, 0.25) is 0 Å². The molecule has 1 heterocycles. The Labute approximate surface area is 55.8 Å². The van der Waals surface area contributed by atoms with Gasteiger partial charge in [-0.15, -0.1) is 0 Å². The standard InChI is InChI=1S/C6H14N2O/c1-8-4-6(5-8)9-3-2-7/h6H,2-5,7H2,1H3. The van der Waals surface area contributed by atoms with Crippen LogP contribution in [0.1, 0.15) is 0 Å². The van der Waals surface area contributed by atoms with Gasteiger partial charge in [-0.05, 0) is 7.05 Å². The lowest BCUT2D eigenvalue weighted by Gasteiger charge is -2.35. The Balaban J connectivity index is 1.91. The van der Waals surface area contributed by atoms with Gasteiger partial charge in [-0.1, -0.05) is 0 Å². The predicted octanol–water partition coefficient (Wildman–Crippen LogP) is -0.724. The largest absolute Gasteiger partial charge is 0.374 e. The maximum absolute atomic E-state index is 5.33. The van der Waals surface area contributed by atoms with Crippen LogP contribution in [0.2, 0.25) is 0 Å². The number of likely N-dealkylation sites (N-methyl/N-ethyl adjacent to an activating group) is 1. The van der Waals surface area contributed by atoms with Crippen LogP contribution in [0.3, 0.4) is 0 Å². The van der Waals surface area contributed by atoms with Crippen molar-refractivity contribution in [2.24, 2.45) is 5.73 Å². The van der Waals surface area contributed by atoms with Crippen molar-refractivity contribution in [3.05, 3.63) is 0 Å². The number of hydrogen-bond donors (Lipinski definition) is 1. The van der Waals surface area contributed by atoms with Crippen LogP contribution in [0.4, 0.5) is 0 Å². The minimum absolute atomic E-state index is 0.457. The molecule has 1 fully saturated rings. The monoisotopic (exact) mass is 130 g/mol. The summed E-state index contributed by atoms with van der Waals surface area (Å²) >= 11 is 0. The quantitative estimate of drug-likeness (QED) is 0.547. The van der Waals surface area contributed by atoms with E-state index in [2.05, 4.69) is 11.9 Å². The van der Waals surface area contributed by atoms with Gasteiger partial charge in [0.05, 0.1) is 12.7 Å². The van der Waals surface area contributed by atoms with Crippen molar-refractivity contribution >= 4 is 0 Å². The average molecular weight is 130 g/mol. The maximum Gasteiger partial charge on any atom is 0.0829 e. The van der Waals surface area contributed by atoms with E-state index < -0.39 is 0 Å². The first-order valence-corrected chi connectivity index (χ1v) is 3.33. The summed E-state index contributed by atoms with van der Waals surface area (Å²) < 4.78 is 5.33. The highest BCUT2D eigenvalue weighted by molar-refractivity contribution is 4.76. The molecule has 0 radical (unpaired) electrons. The van der Waals surface area contributed by atoms with Crippen LogP contribution in [0.15, 0.2) is 0 Å².